The Balaban J connectivity index is 2.06. The first kappa shape index (κ1) is 44.1. The van der Waals surface area contributed by atoms with E-state index in [1.54, 1.807) is 30.3 Å². The maximum Gasteiger partial charge on any atom is 0.326 e. The van der Waals surface area contributed by atoms with Crippen LogP contribution in [0.2, 0.25) is 0 Å². The average Bonchev–Trinajstić information content (AvgIpc) is 3.63. The number of aliphatic imine (C=N–C) groups is 1. The Labute approximate surface area is 312 Å². The van der Waals surface area contributed by atoms with Crippen LogP contribution in [0.4, 0.5) is 0 Å². The van der Waals surface area contributed by atoms with Crippen molar-refractivity contribution in [1.82, 2.24) is 41.9 Å². The maximum absolute atomic E-state index is 13.4. The number of nitrogens with zero attached hydrogens (tertiary/aromatic N) is 2. The summed E-state index contributed by atoms with van der Waals surface area (Å²) in [6.07, 6.45) is 3.48. The molecule has 0 radical (unpaired) electrons. The third-order valence-corrected chi connectivity index (χ3v) is 7.79. The highest BCUT2D eigenvalue weighted by Crippen LogP contribution is 2.06. The fourth-order valence-corrected chi connectivity index (χ4v) is 5.02. The molecule has 0 unspecified atom stereocenters. The Morgan fingerprint density at radius 3 is 2.00 bits per heavy atom. The van der Waals surface area contributed by atoms with Crippen LogP contribution in [-0.2, 0) is 46.4 Å². The lowest BCUT2D eigenvalue weighted by atomic mass is 10.0. The van der Waals surface area contributed by atoms with E-state index in [0.29, 0.717) is 17.7 Å². The molecule has 1 heterocycles. The first-order valence-corrected chi connectivity index (χ1v) is 17.4. The zero-order valence-electron chi connectivity index (χ0n) is 30.6. The number of hydrogen-bond donors (Lipinski definition) is 11. The van der Waals surface area contributed by atoms with Gasteiger partial charge in [0, 0.05) is 31.3 Å². The lowest BCUT2D eigenvalue weighted by Gasteiger charge is -2.23. The molecule has 296 valence electrons. The summed E-state index contributed by atoms with van der Waals surface area (Å²) in [7, 11) is 0. The molecular weight excluding hydrogens is 704 g/mol. The summed E-state index contributed by atoms with van der Waals surface area (Å²) in [6, 6.07) is 3.01. The van der Waals surface area contributed by atoms with Gasteiger partial charge in [0.25, 0.3) is 0 Å². The molecule has 2 aromatic rings. The molecule has 5 atom stereocenters. The number of carbonyl (C=O) groups is 7. The molecule has 6 amide bonds. The molecule has 0 aliphatic heterocycles. The Bertz CT molecular complexity index is 1580. The van der Waals surface area contributed by atoms with Crippen molar-refractivity contribution in [2.75, 3.05) is 19.6 Å². The van der Waals surface area contributed by atoms with Gasteiger partial charge in [-0.25, -0.2) is 9.78 Å². The van der Waals surface area contributed by atoms with Gasteiger partial charge in [-0.15, -0.1) is 0 Å². The predicted molar refractivity (Wildman–Crippen MR) is 197 cm³/mol. The molecule has 14 N–H and O–H groups in total. The number of aliphatic carboxylic acids is 1. The highest BCUT2D eigenvalue weighted by molar-refractivity contribution is 5.95. The lowest BCUT2D eigenvalue weighted by Crippen LogP contribution is -2.56. The topological polar surface area (TPSA) is 331 Å². The number of nitrogens with two attached hydrogens (primary N) is 3. The second-order valence-corrected chi connectivity index (χ2v) is 13.0. The van der Waals surface area contributed by atoms with Crippen molar-refractivity contribution < 1.29 is 38.7 Å². The normalized spacial score (nSPS) is 13.6. The number of benzene rings is 1. The van der Waals surface area contributed by atoms with Gasteiger partial charge in [-0.2, -0.15) is 0 Å². The summed E-state index contributed by atoms with van der Waals surface area (Å²) < 4.78 is 0. The minimum atomic E-state index is -1.31. The first-order valence-electron chi connectivity index (χ1n) is 17.4. The van der Waals surface area contributed by atoms with Crippen LogP contribution in [0.15, 0.2) is 47.8 Å². The molecular formula is C34H52N12O8. The van der Waals surface area contributed by atoms with Crippen LogP contribution in [0, 0.1) is 5.92 Å². The number of imidazole rings is 1. The number of rotatable bonds is 23. The fourth-order valence-electron chi connectivity index (χ4n) is 5.02. The second-order valence-electron chi connectivity index (χ2n) is 13.0. The molecule has 0 saturated heterocycles. The maximum atomic E-state index is 13.4. The number of amides is 6. The van der Waals surface area contributed by atoms with E-state index in [1.165, 1.54) is 19.4 Å². The number of H-pyrrole nitrogens is 1. The van der Waals surface area contributed by atoms with Crippen molar-refractivity contribution >= 4 is 47.4 Å². The predicted octanol–water partition coefficient (Wildman–Crippen LogP) is -3.10. The van der Waals surface area contributed by atoms with Crippen molar-refractivity contribution in [3.05, 3.63) is 54.1 Å². The van der Waals surface area contributed by atoms with Gasteiger partial charge in [0.05, 0.1) is 25.5 Å². The third-order valence-electron chi connectivity index (χ3n) is 7.79. The lowest BCUT2D eigenvalue weighted by molar-refractivity contribution is -0.142. The average molecular weight is 757 g/mol. The molecule has 0 fully saturated rings. The number of aromatic amines is 1. The van der Waals surface area contributed by atoms with Gasteiger partial charge in [-0.05, 0) is 37.7 Å². The summed E-state index contributed by atoms with van der Waals surface area (Å²) in [6.45, 7) is 4.27. The summed E-state index contributed by atoms with van der Waals surface area (Å²) >= 11 is 0. The number of carboxylic acid groups (broad SMARTS) is 1. The Hall–Kier alpha value is -6.05. The van der Waals surface area contributed by atoms with Gasteiger partial charge in [0.1, 0.15) is 24.2 Å². The van der Waals surface area contributed by atoms with E-state index < -0.39 is 84.7 Å². The quantitative estimate of drug-likeness (QED) is 0.0305. The van der Waals surface area contributed by atoms with E-state index in [-0.39, 0.29) is 44.1 Å². The molecule has 20 nitrogen and oxygen atoms in total. The van der Waals surface area contributed by atoms with Gasteiger partial charge in [-0.1, -0.05) is 44.2 Å². The molecule has 0 bridgehead atoms. The van der Waals surface area contributed by atoms with Gasteiger partial charge >= 0.3 is 5.97 Å². The van der Waals surface area contributed by atoms with E-state index in [1.807, 2.05) is 13.8 Å². The smallest absolute Gasteiger partial charge is 0.326 e. The van der Waals surface area contributed by atoms with Crippen molar-refractivity contribution in [2.45, 2.75) is 83.1 Å². The van der Waals surface area contributed by atoms with E-state index >= 15 is 0 Å². The monoisotopic (exact) mass is 756 g/mol. The van der Waals surface area contributed by atoms with E-state index in [9.17, 15) is 38.7 Å². The van der Waals surface area contributed by atoms with Crippen molar-refractivity contribution in [3.8, 4) is 0 Å². The molecule has 54 heavy (non-hydrogen) atoms. The first-order chi connectivity index (χ1) is 25.5. The molecule has 1 aromatic carbocycles. The molecule has 0 spiro atoms. The molecule has 2 rings (SSSR count). The highest BCUT2D eigenvalue weighted by Gasteiger charge is 2.29. The number of nitrogens with one attached hydrogen (secondary N) is 7. The van der Waals surface area contributed by atoms with Crippen LogP contribution >= 0.6 is 0 Å². The third kappa shape index (κ3) is 17.0. The van der Waals surface area contributed by atoms with Crippen LogP contribution in [-0.4, -0.2) is 112 Å². The van der Waals surface area contributed by atoms with E-state index in [2.05, 4.69) is 46.9 Å². The van der Waals surface area contributed by atoms with E-state index in [4.69, 9.17) is 17.2 Å². The Morgan fingerprint density at radius 2 is 1.43 bits per heavy atom. The van der Waals surface area contributed by atoms with Crippen molar-refractivity contribution in [2.24, 2.45) is 28.1 Å². The summed E-state index contributed by atoms with van der Waals surface area (Å²) in [4.78, 5) is 99.7. The van der Waals surface area contributed by atoms with E-state index in [0.717, 1.165) is 0 Å². The zero-order chi connectivity index (χ0) is 40.2. The van der Waals surface area contributed by atoms with Gasteiger partial charge < -0.3 is 59.2 Å². The number of carboxylic acids is 1. The number of aromatic nitrogens is 2. The summed E-state index contributed by atoms with van der Waals surface area (Å²) in [5, 5.41) is 24.5. The number of carbonyl (C=O) groups excluding carboxylic acids is 6. The minimum Gasteiger partial charge on any atom is -0.480 e. The molecule has 1 aromatic heterocycles. The Kier molecular flexibility index (Phi) is 18.6. The van der Waals surface area contributed by atoms with Crippen molar-refractivity contribution in [3.63, 3.8) is 0 Å². The van der Waals surface area contributed by atoms with Crippen LogP contribution in [0.3, 0.4) is 0 Å². The van der Waals surface area contributed by atoms with Crippen molar-refractivity contribution in [1.29, 1.82) is 0 Å². The van der Waals surface area contributed by atoms with Crippen LogP contribution in [0.5, 0.6) is 0 Å². The summed E-state index contributed by atoms with van der Waals surface area (Å²) in [5.41, 5.74) is 17.7. The standard InChI is InChI=1S/C34H52N12O8/c1-19(2)12-23(35)30(50)40-16-27(47)44-24(10-7-11-39-34(36)37)31(51)41-17-28(48)45-25(13-21-8-5-4-6-9-21)32(52)43-20(3)29(49)46-26(33(53)54)14-22-15-38-18-42-22/h4-6,8-9,15,18-20,23-26H,7,10-14,16-17,35H2,1-3H3,(H,38,42)(H,40,50)(H,41,51)(H,43,52)(H,44,47)(H,45,48)(H,46,49)(H,53,54)(H4,36,37,39)/t20-,23-,24-,25-,26-/m0/s1. The number of hydrogen-bond acceptors (Lipinski definition) is 10. The largest absolute Gasteiger partial charge is 0.480 e. The fraction of sp³-hybridized carbons (Fsp3) is 0.500. The minimum absolute atomic E-state index is 0.00823. The molecule has 0 aliphatic carbocycles. The second kappa shape index (κ2) is 22.8. The zero-order valence-corrected chi connectivity index (χ0v) is 30.6. The SMILES string of the molecule is CC(C)C[C@H](N)C(=O)NCC(=O)N[C@@H](CCCN=C(N)N)C(=O)NCC(=O)N[C@@H](Cc1ccccc1)C(=O)N[C@@H](C)C(=O)N[C@@H](Cc1cnc[nH]1)C(=O)O. The molecule has 20 heteroatoms. The molecule has 0 saturated carbocycles. The Morgan fingerprint density at radius 1 is 0.796 bits per heavy atom. The van der Waals surface area contributed by atoms with Gasteiger partial charge in [0.2, 0.25) is 35.4 Å². The van der Waals surface area contributed by atoms with Crippen LogP contribution in [0.25, 0.3) is 0 Å². The van der Waals surface area contributed by atoms with Crippen LogP contribution in [0.1, 0.15) is 51.3 Å². The molecule has 0 aliphatic rings. The number of guanidine groups is 1. The van der Waals surface area contributed by atoms with Gasteiger partial charge in [-0.3, -0.25) is 33.8 Å². The summed E-state index contributed by atoms with van der Waals surface area (Å²) in [5.74, 6) is -5.52. The van der Waals surface area contributed by atoms with Gasteiger partial charge in [0.15, 0.2) is 5.96 Å². The highest BCUT2D eigenvalue weighted by atomic mass is 16.4. The van der Waals surface area contributed by atoms with Crippen LogP contribution < -0.4 is 49.1 Å².